The summed E-state index contributed by atoms with van der Waals surface area (Å²) in [7, 11) is 0. The third-order valence-corrected chi connectivity index (χ3v) is 5.86. The molecule has 170 valence electrons. The summed E-state index contributed by atoms with van der Waals surface area (Å²) in [6.45, 7) is 3.48. The van der Waals surface area contributed by atoms with Gasteiger partial charge < -0.3 is 16.0 Å². The Balaban J connectivity index is 1.59. The number of benzene rings is 3. The van der Waals surface area contributed by atoms with E-state index in [0.29, 0.717) is 30.1 Å². The maximum Gasteiger partial charge on any atom is 0.251 e. The molecule has 0 radical (unpaired) electrons. The van der Waals surface area contributed by atoms with Crippen molar-refractivity contribution in [3.05, 3.63) is 94.3 Å². The fourth-order valence-electron chi connectivity index (χ4n) is 3.96. The number of nitrogen functional groups attached to an aromatic ring is 1. The minimum Gasteiger partial charge on any atom is -0.399 e. The first kappa shape index (κ1) is 22.4. The Morgan fingerprint density at radius 2 is 1.64 bits per heavy atom. The van der Waals surface area contributed by atoms with E-state index in [9.17, 15) is 22.8 Å². The monoisotopic (exact) mass is 453 g/mol. The van der Waals surface area contributed by atoms with Crippen LogP contribution < -0.4 is 16.0 Å². The number of amides is 2. The van der Waals surface area contributed by atoms with Crippen molar-refractivity contribution in [3.8, 4) is 0 Å². The molecule has 3 aromatic rings. The van der Waals surface area contributed by atoms with Crippen LogP contribution in [0.15, 0.2) is 54.6 Å². The smallest absolute Gasteiger partial charge is 0.251 e. The van der Waals surface area contributed by atoms with Crippen LogP contribution in [0.5, 0.6) is 0 Å². The van der Waals surface area contributed by atoms with Crippen LogP contribution in [0.4, 0.5) is 24.5 Å². The Hall–Kier alpha value is -3.81. The zero-order valence-electron chi connectivity index (χ0n) is 18.1. The van der Waals surface area contributed by atoms with Crippen LogP contribution in [0, 0.1) is 17.5 Å². The fraction of sp³-hybridized carbons (Fsp3) is 0.200. The molecule has 2 amide bonds. The quantitative estimate of drug-likeness (QED) is 0.561. The largest absolute Gasteiger partial charge is 0.399 e. The molecular weight excluding hydrogens is 431 g/mol. The second kappa shape index (κ2) is 8.27. The van der Waals surface area contributed by atoms with E-state index in [1.54, 1.807) is 35.2 Å². The van der Waals surface area contributed by atoms with Crippen LogP contribution >= 0.6 is 0 Å². The van der Waals surface area contributed by atoms with Crippen molar-refractivity contribution in [2.24, 2.45) is 0 Å². The van der Waals surface area contributed by atoms with E-state index in [4.69, 9.17) is 5.73 Å². The van der Waals surface area contributed by atoms with Crippen molar-refractivity contribution in [2.75, 3.05) is 10.6 Å². The normalized spacial score (nSPS) is 14.3. The van der Waals surface area contributed by atoms with Gasteiger partial charge >= 0.3 is 0 Å². The Bertz CT molecular complexity index is 1230. The third-order valence-electron chi connectivity index (χ3n) is 5.86. The SMILES string of the molecule is CC1(C)C(=O)N(Cc2ccc(N)cc2)c2cc(C(=O)NCc3c(F)cc(F)cc3F)ccc21. The second-order valence-electron chi connectivity index (χ2n) is 8.52. The molecule has 3 N–H and O–H groups in total. The summed E-state index contributed by atoms with van der Waals surface area (Å²) < 4.78 is 40.8. The van der Waals surface area contributed by atoms with Crippen LogP contribution in [0.1, 0.15) is 40.9 Å². The van der Waals surface area contributed by atoms with E-state index in [1.165, 1.54) is 0 Å². The van der Waals surface area contributed by atoms with Gasteiger partial charge in [-0.25, -0.2) is 13.2 Å². The lowest BCUT2D eigenvalue weighted by Gasteiger charge is -2.20. The number of fused-ring (bicyclic) bond motifs is 1. The number of anilines is 2. The summed E-state index contributed by atoms with van der Waals surface area (Å²) in [5, 5.41) is 2.45. The zero-order chi connectivity index (χ0) is 23.9. The molecule has 0 fully saturated rings. The highest BCUT2D eigenvalue weighted by Gasteiger charge is 2.44. The number of nitrogens with one attached hydrogen (secondary N) is 1. The van der Waals surface area contributed by atoms with Gasteiger partial charge in [-0.15, -0.1) is 0 Å². The van der Waals surface area contributed by atoms with Gasteiger partial charge in [-0.1, -0.05) is 18.2 Å². The topological polar surface area (TPSA) is 75.4 Å². The van der Waals surface area contributed by atoms with Crippen molar-refractivity contribution in [3.63, 3.8) is 0 Å². The molecule has 3 aromatic carbocycles. The zero-order valence-corrected chi connectivity index (χ0v) is 18.1. The van der Waals surface area contributed by atoms with Gasteiger partial charge in [0.05, 0.1) is 12.0 Å². The molecule has 0 spiro atoms. The lowest BCUT2D eigenvalue weighted by atomic mass is 9.86. The summed E-state index contributed by atoms with van der Waals surface area (Å²) in [4.78, 5) is 27.4. The molecule has 0 unspecified atom stereocenters. The predicted octanol–water partition coefficient (Wildman–Crippen LogP) is 4.44. The molecule has 1 heterocycles. The predicted molar refractivity (Wildman–Crippen MR) is 119 cm³/mol. The van der Waals surface area contributed by atoms with Gasteiger partial charge in [-0.05, 0) is 49.2 Å². The number of rotatable bonds is 5. The maximum atomic E-state index is 13.9. The number of nitrogens with two attached hydrogens (primary N) is 1. The van der Waals surface area contributed by atoms with Crippen molar-refractivity contribution < 1.29 is 22.8 Å². The molecule has 33 heavy (non-hydrogen) atoms. The average molecular weight is 453 g/mol. The van der Waals surface area contributed by atoms with Gasteiger partial charge in [-0.3, -0.25) is 9.59 Å². The minimum absolute atomic E-state index is 0.109. The second-order valence-corrected chi connectivity index (χ2v) is 8.52. The average Bonchev–Trinajstić information content (AvgIpc) is 2.94. The van der Waals surface area contributed by atoms with Gasteiger partial charge in [0.25, 0.3) is 5.91 Å². The van der Waals surface area contributed by atoms with Crippen molar-refractivity contribution in [1.82, 2.24) is 5.32 Å². The molecule has 0 saturated heterocycles. The summed E-state index contributed by atoms with van der Waals surface area (Å²) in [6, 6.07) is 13.1. The number of carbonyl (C=O) groups excluding carboxylic acids is 2. The molecule has 1 aliphatic heterocycles. The first-order chi connectivity index (χ1) is 15.6. The molecule has 0 bridgehead atoms. The number of halogens is 3. The molecule has 4 rings (SSSR count). The van der Waals surface area contributed by atoms with Crippen molar-refractivity contribution in [2.45, 2.75) is 32.4 Å². The molecule has 8 heteroatoms. The van der Waals surface area contributed by atoms with Crippen LogP contribution in [0.2, 0.25) is 0 Å². The number of hydrogen-bond donors (Lipinski definition) is 2. The summed E-state index contributed by atoms with van der Waals surface area (Å²) >= 11 is 0. The van der Waals surface area contributed by atoms with E-state index in [2.05, 4.69) is 5.32 Å². The van der Waals surface area contributed by atoms with Crippen LogP contribution in [-0.2, 0) is 23.3 Å². The van der Waals surface area contributed by atoms with E-state index in [0.717, 1.165) is 11.1 Å². The minimum atomic E-state index is -1.08. The summed E-state index contributed by atoms with van der Waals surface area (Å²) in [5.41, 5.74) is 7.60. The fourth-order valence-corrected chi connectivity index (χ4v) is 3.96. The lowest BCUT2D eigenvalue weighted by molar-refractivity contribution is -0.122. The summed E-state index contributed by atoms with van der Waals surface area (Å²) in [5.74, 6) is -3.88. The Kier molecular flexibility index (Phi) is 5.61. The van der Waals surface area contributed by atoms with Gasteiger partial charge in [0.2, 0.25) is 5.91 Å². The summed E-state index contributed by atoms with van der Waals surface area (Å²) in [6.07, 6.45) is 0. The number of hydrogen-bond acceptors (Lipinski definition) is 3. The van der Waals surface area contributed by atoms with Crippen molar-refractivity contribution >= 4 is 23.2 Å². The van der Waals surface area contributed by atoms with Gasteiger partial charge in [-0.2, -0.15) is 0 Å². The Morgan fingerprint density at radius 1 is 1.00 bits per heavy atom. The number of carbonyl (C=O) groups is 2. The Morgan fingerprint density at radius 3 is 2.27 bits per heavy atom. The highest BCUT2D eigenvalue weighted by molar-refractivity contribution is 6.08. The molecule has 1 aliphatic rings. The first-order valence-electron chi connectivity index (χ1n) is 10.3. The molecule has 0 atom stereocenters. The van der Waals surface area contributed by atoms with E-state index in [1.807, 2.05) is 26.0 Å². The molecule has 0 aliphatic carbocycles. The lowest BCUT2D eigenvalue weighted by Crippen LogP contribution is -2.35. The third kappa shape index (κ3) is 4.16. The highest BCUT2D eigenvalue weighted by atomic mass is 19.1. The molecule has 5 nitrogen and oxygen atoms in total. The van der Waals surface area contributed by atoms with Crippen LogP contribution in [0.3, 0.4) is 0 Å². The molecular formula is C25H22F3N3O2. The Labute approximate surface area is 189 Å². The van der Waals surface area contributed by atoms with Gasteiger partial charge in [0, 0.05) is 41.2 Å². The molecule has 0 aromatic heterocycles. The van der Waals surface area contributed by atoms with Gasteiger partial charge in [0.15, 0.2) is 0 Å². The van der Waals surface area contributed by atoms with E-state index >= 15 is 0 Å². The van der Waals surface area contributed by atoms with E-state index in [-0.39, 0.29) is 11.5 Å². The maximum absolute atomic E-state index is 13.9. The van der Waals surface area contributed by atoms with Gasteiger partial charge in [0.1, 0.15) is 17.5 Å². The van der Waals surface area contributed by atoms with Crippen LogP contribution in [-0.4, -0.2) is 11.8 Å². The highest BCUT2D eigenvalue weighted by Crippen LogP contribution is 2.42. The molecule has 0 saturated carbocycles. The first-order valence-corrected chi connectivity index (χ1v) is 10.3. The van der Waals surface area contributed by atoms with E-state index < -0.39 is 40.9 Å². The number of nitrogens with zero attached hydrogens (tertiary/aromatic N) is 1. The van der Waals surface area contributed by atoms with Crippen LogP contribution in [0.25, 0.3) is 0 Å². The standard InChI is InChI=1S/C25H22F3N3O2/c1-25(2)19-8-5-15(23(32)30-12-18-20(27)10-16(26)11-21(18)28)9-22(19)31(24(25)33)13-14-3-6-17(29)7-4-14/h3-11H,12-13,29H2,1-2H3,(H,30,32). The van der Waals surface area contributed by atoms with Crippen molar-refractivity contribution in [1.29, 1.82) is 0 Å².